The molecule has 118 valence electrons. The van der Waals surface area contributed by atoms with Crippen molar-refractivity contribution < 1.29 is 32.6 Å². The molecule has 9 heteroatoms. The number of carboxylic acid groups (broad SMARTS) is 1. The number of rotatable bonds is 5. The Kier molecular flexibility index (Phi) is 4.38. The Morgan fingerprint density at radius 2 is 2.05 bits per heavy atom. The van der Waals surface area contributed by atoms with Crippen LogP contribution in [0.1, 0.15) is 29.2 Å². The molecule has 0 saturated carbocycles. The normalized spacial score (nSPS) is 18.6. The highest BCUT2D eigenvalue weighted by molar-refractivity contribution is 7.89. The molecule has 0 atom stereocenters. The smallest absolute Gasteiger partial charge is 0.371 e. The maximum Gasteiger partial charge on any atom is 0.371 e. The molecule has 0 radical (unpaired) electrons. The van der Waals surface area contributed by atoms with Crippen LogP contribution in [-0.2, 0) is 14.8 Å². The quantitative estimate of drug-likeness (QED) is 0.703. The first kappa shape index (κ1) is 16.0. The van der Waals surface area contributed by atoms with Gasteiger partial charge in [-0.1, -0.05) is 0 Å². The van der Waals surface area contributed by atoms with Crippen LogP contribution in [0.25, 0.3) is 0 Å². The third-order valence-corrected chi connectivity index (χ3v) is 5.16. The summed E-state index contributed by atoms with van der Waals surface area (Å²) in [6.07, 6.45) is 0.677. The molecule has 0 aromatic carbocycles. The topological polar surface area (TPSA) is 126 Å². The summed E-state index contributed by atoms with van der Waals surface area (Å²) in [6.45, 7) is 1.69. The number of hydrogen-bond donors (Lipinski definition) is 3. The summed E-state index contributed by atoms with van der Waals surface area (Å²) >= 11 is 0. The molecule has 1 saturated heterocycles. The molecule has 1 fully saturated rings. The van der Waals surface area contributed by atoms with Crippen molar-refractivity contribution in [1.82, 2.24) is 4.72 Å². The molecule has 1 aliphatic heterocycles. The minimum Gasteiger partial charge on any atom is -0.475 e. The molecule has 1 aromatic rings. The number of nitrogens with one attached hydrogen (secondary N) is 1. The number of sulfonamides is 1. The molecule has 0 spiro atoms. The Morgan fingerprint density at radius 1 is 1.43 bits per heavy atom. The van der Waals surface area contributed by atoms with Crippen LogP contribution in [0.15, 0.2) is 15.4 Å². The zero-order valence-electron chi connectivity index (χ0n) is 11.5. The molecule has 2 rings (SSSR count). The van der Waals surface area contributed by atoms with Gasteiger partial charge in [0.25, 0.3) is 0 Å². The van der Waals surface area contributed by atoms with Gasteiger partial charge in [-0.05, 0) is 19.8 Å². The van der Waals surface area contributed by atoms with Crippen molar-refractivity contribution in [1.29, 1.82) is 0 Å². The molecule has 0 aliphatic carbocycles. The lowest BCUT2D eigenvalue weighted by Gasteiger charge is -2.35. The fourth-order valence-electron chi connectivity index (χ4n) is 2.23. The van der Waals surface area contributed by atoms with Gasteiger partial charge in [-0.15, -0.1) is 0 Å². The summed E-state index contributed by atoms with van der Waals surface area (Å²) < 4.78 is 37.3. The first-order valence-electron chi connectivity index (χ1n) is 6.36. The molecule has 1 aromatic heterocycles. The van der Waals surface area contributed by atoms with Crippen molar-refractivity contribution in [2.24, 2.45) is 0 Å². The number of aliphatic hydroxyl groups is 1. The van der Waals surface area contributed by atoms with Crippen LogP contribution in [-0.4, -0.2) is 50.0 Å². The largest absolute Gasteiger partial charge is 0.475 e. The average Bonchev–Trinajstić information content (AvgIpc) is 2.82. The Labute approximate surface area is 121 Å². The molecule has 8 nitrogen and oxygen atoms in total. The van der Waals surface area contributed by atoms with Gasteiger partial charge in [0.15, 0.2) is 0 Å². The second-order valence-electron chi connectivity index (χ2n) is 4.99. The van der Waals surface area contributed by atoms with Crippen LogP contribution in [0.2, 0.25) is 0 Å². The lowest BCUT2D eigenvalue weighted by molar-refractivity contribution is 0.0223. The van der Waals surface area contributed by atoms with E-state index in [9.17, 15) is 18.3 Å². The lowest BCUT2D eigenvalue weighted by atomic mass is 9.93. The van der Waals surface area contributed by atoms with E-state index in [0.717, 1.165) is 6.07 Å². The first-order valence-corrected chi connectivity index (χ1v) is 7.84. The Bertz CT molecular complexity index is 628. The average molecular weight is 319 g/mol. The highest BCUT2D eigenvalue weighted by Crippen LogP contribution is 2.26. The van der Waals surface area contributed by atoms with Crippen molar-refractivity contribution in [3.05, 3.63) is 17.6 Å². The molecule has 21 heavy (non-hydrogen) atoms. The molecular formula is C12H17NO7S. The predicted molar refractivity (Wildman–Crippen MR) is 70.6 cm³/mol. The van der Waals surface area contributed by atoms with Crippen LogP contribution >= 0.6 is 0 Å². The van der Waals surface area contributed by atoms with Gasteiger partial charge >= 0.3 is 5.97 Å². The Balaban J connectivity index is 2.31. The highest BCUT2D eigenvalue weighted by atomic mass is 32.2. The number of aromatic carboxylic acids is 1. The first-order chi connectivity index (χ1) is 9.80. The van der Waals surface area contributed by atoms with E-state index in [1.165, 1.54) is 6.92 Å². The van der Waals surface area contributed by atoms with E-state index in [1.807, 2.05) is 0 Å². The van der Waals surface area contributed by atoms with Crippen molar-refractivity contribution in [3.63, 3.8) is 0 Å². The number of hydrogen-bond acceptors (Lipinski definition) is 6. The lowest BCUT2D eigenvalue weighted by Crippen LogP contribution is -2.54. The van der Waals surface area contributed by atoms with Crippen LogP contribution in [0.5, 0.6) is 0 Å². The molecular weight excluding hydrogens is 302 g/mol. The van der Waals surface area contributed by atoms with E-state index >= 15 is 0 Å². The maximum absolute atomic E-state index is 12.4. The van der Waals surface area contributed by atoms with E-state index in [1.54, 1.807) is 0 Å². The van der Waals surface area contributed by atoms with E-state index in [4.69, 9.17) is 14.3 Å². The Morgan fingerprint density at radius 3 is 2.52 bits per heavy atom. The van der Waals surface area contributed by atoms with E-state index in [0.29, 0.717) is 26.1 Å². The maximum atomic E-state index is 12.4. The van der Waals surface area contributed by atoms with Gasteiger partial charge < -0.3 is 19.4 Å². The standard InChI is InChI=1S/C12H17NO7S/c1-8-10(6-9(20-8)11(15)16)21(17,18)13-12(7-14)2-4-19-5-3-12/h6,13-14H,2-5,7H2,1H3,(H,15,16). The monoisotopic (exact) mass is 319 g/mol. The second kappa shape index (κ2) is 5.76. The zero-order chi connectivity index (χ0) is 15.7. The van der Waals surface area contributed by atoms with Gasteiger partial charge in [-0.2, -0.15) is 0 Å². The summed E-state index contributed by atoms with van der Waals surface area (Å²) in [5, 5.41) is 18.4. The van der Waals surface area contributed by atoms with Crippen LogP contribution in [0.3, 0.4) is 0 Å². The summed E-state index contributed by atoms with van der Waals surface area (Å²) in [7, 11) is -4.00. The van der Waals surface area contributed by atoms with Crippen LogP contribution < -0.4 is 4.72 Å². The summed E-state index contributed by atoms with van der Waals surface area (Å²) in [6, 6.07) is 0.963. The van der Waals surface area contributed by atoms with Crippen molar-refractivity contribution in [3.8, 4) is 0 Å². The fourth-order valence-corrected chi connectivity index (χ4v) is 3.86. The molecule has 3 N–H and O–H groups in total. The van der Waals surface area contributed by atoms with Crippen molar-refractivity contribution in [2.75, 3.05) is 19.8 Å². The molecule has 2 heterocycles. The number of aryl methyl sites for hydroxylation is 1. The van der Waals surface area contributed by atoms with Crippen LogP contribution in [0, 0.1) is 6.92 Å². The number of aliphatic hydroxyl groups excluding tert-OH is 1. The summed E-state index contributed by atoms with van der Waals surface area (Å²) in [4.78, 5) is 10.6. The predicted octanol–water partition coefficient (Wildman–Crippen LogP) is 0.106. The molecule has 1 aliphatic rings. The van der Waals surface area contributed by atoms with Crippen molar-refractivity contribution >= 4 is 16.0 Å². The number of carbonyl (C=O) groups is 1. The number of carboxylic acids is 1. The number of furan rings is 1. The minimum absolute atomic E-state index is 0.0138. The zero-order valence-corrected chi connectivity index (χ0v) is 12.3. The Hall–Kier alpha value is -1.42. The fraction of sp³-hybridized carbons (Fsp3) is 0.583. The van der Waals surface area contributed by atoms with Crippen molar-refractivity contribution in [2.45, 2.75) is 30.2 Å². The molecule has 0 bridgehead atoms. The molecule has 0 amide bonds. The van der Waals surface area contributed by atoms with Gasteiger partial charge in [0, 0.05) is 19.3 Å². The third-order valence-electron chi connectivity index (χ3n) is 3.48. The van der Waals surface area contributed by atoms with Gasteiger partial charge in [-0.25, -0.2) is 17.9 Å². The van der Waals surface area contributed by atoms with Gasteiger partial charge in [0.1, 0.15) is 10.7 Å². The van der Waals surface area contributed by atoms with E-state index in [-0.39, 0.29) is 17.3 Å². The molecule has 0 unspecified atom stereocenters. The van der Waals surface area contributed by atoms with E-state index in [2.05, 4.69) is 4.72 Å². The summed E-state index contributed by atoms with van der Waals surface area (Å²) in [5.41, 5.74) is -0.996. The number of ether oxygens (including phenoxy) is 1. The third kappa shape index (κ3) is 3.26. The van der Waals surface area contributed by atoms with Crippen LogP contribution in [0.4, 0.5) is 0 Å². The second-order valence-corrected chi connectivity index (χ2v) is 6.64. The van der Waals surface area contributed by atoms with E-state index < -0.39 is 27.3 Å². The SMILES string of the molecule is Cc1oc(C(=O)O)cc1S(=O)(=O)NC1(CO)CCOCC1. The van der Waals surface area contributed by atoms with Gasteiger partial charge in [0.2, 0.25) is 15.8 Å². The van der Waals surface area contributed by atoms with Gasteiger partial charge in [0.05, 0.1) is 12.1 Å². The summed E-state index contributed by atoms with van der Waals surface area (Å²) in [5.74, 6) is -1.81. The minimum atomic E-state index is -4.00. The van der Waals surface area contributed by atoms with Gasteiger partial charge in [-0.3, -0.25) is 0 Å². The highest BCUT2D eigenvalue weighted by Gasteiger charge is 2.38.